The molecule has 0 saturated heterocycles. The van der Waals surface area contributed by atoms with E-state index in [2.05, 4.69) is 13.8 Å². The van der Waals surface area contributed by atoms with Crippen LogP contribution in [0.4, 0.5) is 0 Å². The molecule has 0 heterocycles. The van der Waals surface area contributed by atoms with E-state index in [0.29, 0.717) is 0 Å². The van der Waals surface area contributed by atoms with Gasteiger partial charge in [-0.25, -0.2) is 0 Å². The maximum absolute atomic E-state index is 9.85. The lowest BCUT2D eigenvalue weighted by Gasteiger charge is -2.25. The molecule has 1 fully saturated rings. The molecule has 2 atom stereocenters. The van der Waals surface area contributed by atoms with Crippen LogP contribution in [0.2, 0.25) is 0 Å². The molecule has 2 N–H and O–H groups in total. The Bertz CT molecular complexity index is 154. The van der Waals surface area contributed by atoms with Gasteiger partial charge in [0.15, 0.2) is 0 Å². The van der Waals surface area contributed by atoms with Crippen LogP contribution in [-0.4, -0.2) is 22.4 Å². The molecule has 0 aliphatic heterocycles. The second-order valence-electron chi connectivity index (χ2n) is 4.71. The molecule has 2 nitrogen and oxygen atoms in total. The Kier molecular flexibility index (Phi) is 2.01. The van der Waals surface area contributed by atoms with E-state index in [0.717, 1.165) is 12.8 Å². The maximum atomic E-state index is 9.85. The van der Waals surface area contributed by atoms with Crippen LogP contribution < -0.4 is 0 Å². The summed E-state index contributed by atoms with van der Waals surface area (Å²) in [6.45, 7) is 6.18. The molecule has 0 aromatic rings. The molecule has 0 bridgehead atoms. The summed E-state index contributed by atoms with van der Waals surface area (Å²) in [5.74, 6) is 0.225. The molecule has 1 rings (SSSR count). The van der Waals surface area contributed by atoms with Gasteiger partial charge in [0.1, 0.15) is 0 Å². The fourth-order valence-corrected chi connectivity index (χ4v) is 2.31. The van der Waals surface area contributed by atoms with Crippen LogP contribution in [-0.2, 0) is 0 Å². The Morgan fingerprint density at radius 1 is 1.45 bits per heavy atom. The molecule has 1 aliphatic carbocycles. The first kappa shape index (κ1) is 9.01. The Morgan fingerprint density at radius 3 is 2.18 bits per heavy atom. The second-order valence-corrected chi connectivity index (χ2v) is 4.71. The highest BCUT2D eigenvalue weighted by molar-refractivity contribution is 4.97. The van der Waals surface area contributed by atoms with Crippen molar-refractivity contribution in [2.24, 2.45) is 11.3 Å². The van der Waals surface area contributed by atoms with Crippen LogP contribution in [0.15, 0.2) is 0 Å². The molecule has 0 amide bonds. The van der Waals surface area contributed by atoms with Gasteiger partial charge in [0.25, 0.3) is 0 Å². The van der Waals surface area contributed by atoms with E-state index in [1.54, 1.807) is 0 Å². The van der Waals surface area contributed by atoms with E-state index in [1.807, 2.05) is 6.92 Å². The van der Waals surface area contributed by atoms with Gasteiger partial charge in [-0.15, -0.1) is 0 Å². The summed E-state index contributed by atoms with van der Waals surface area (Å²) < 4.78 is 0. The minimum absolute atomic E-state index is 0.0996. The van der Waals surface area contributed by atoms with Crippen molar-refractivity contribution < 1.29 is 10.2 Å². The van der Waals surface area contributed by atoms with Gasteiger partial charge in [0.05, 0.1) is 12.2 Å². The Morgan fingerprint density at radius 2 is 2.00 bits per heavy atom. The molecule has 2 heteroatoms. The van der Waals surface area contributed by atoms with Crippen LogP contribution in [0.25, 0.3) is 0 Å². The topological polar surface area (TPSA) is 40.5 Å². The van der Waals surface area contributed by atoms with Gasteiger partial charge in [-0.05, 0) is 24.2 Å². The minimum Gasteiger partial charge on any atom is -0.393 e. The number of aliphatic hydroxyl groups is 2. The Labute approximate surface area is 68.2 Å². The molecule has 66 valence electrons. The van der Waals surface area contributed by atoms with Gasteiger partial charge in [0, 0.05) is 0 Å². The summed E-state index contributed by atoms with van der Waals surface area (Å²) in [4.78, 5) is 0. The van der Waals surface area contributed by atoms with E-state index in [1.165, 1.54) is 0 Å². The SMILES string of the molecule is CC1CC(C)(C)CC1(O)CO. The van der Waals surface area contributed by atoms with Crippen LogP contribution in [0.1, 0.15) is 33.6 Å². The molecular weight excluding hydrogens is 140 g/mol. The molecule has 0 aromatic carbocycles. The van der Waals surface area contributed by atoms with Crippen LogP contribution in [0.5, 0.6) is 0 Å². The third kappa shape index (κ3) is 1.57. The highest BCUT2D eigenvalue weighted by atomic mass is 16.3. The third-order valence-electron chi connectivity index (χ3n) is 2.83. The van der Waals surface area contributed by atoms with Crippen molar-refractivity contribution in [3.8, 4) is 0 Å². The minimum atomic E-state index is -0.816. The third-order valence-corrected chi connectivity index (χ3v) is 2.83. The van der Waals surface area contributed by atoms with E-state index in [-0.39, 0.29) is 17.9 Å². The van der Waals surface area contributed by atoms with Gasteiger partial charge < -0.3 is 10.2 Å². The summed E-state index contributed by atoms with van der Waals surface area (Å²) in [6.07, 6.45) is 1.72. The lowest BCUT2D eigenvalue weighted by molar-refractivity contribution is -0.0432. The zero-order valence-electron chi connectivity index (χ0n) is 7.59. The molecule has 11 heavy (non-hydrogen) atoms. The average molecular weight is 158 g/mol. The highest BCUT2D eigenvalue weighted by Crippen LogP contribution is 2.46. The fourth-order valence-electron chi connectivity index (χ4n) is 2.31. The van der Waals surface area contributed by atoms with Crippen LogP contribution in [0.3, 0.4) is 0 Å². The number of aliphatic hydroxyl groups excluding tert-OH is 1. The summed E-state index contributed by atoms with van der Waals surface area (Å²) in [5, 5.41) is 18.8. The van der Waals surface area contributed by atoms with Gasteiger partial charge >= 0.3 is 0 Å². The van der Waals surface area contributed by atoms with E-state index in [9.17, 15) is 5.11 Å². The van der Waals surface area contributed by atoms with Crippen molar-refractivity contribution in [3.05, 3.63) is 0 Å². The van der Waals surface area contributed by atoms with Gasteiger partial charge in [-0.1, -0.05) is 20.8 Å². The summed E-state index contributed by atoms with van der Waals surface area (Å²) in [7, 11) is 0. The number of rotatable bonds is 1. The van der Waals surface area contributed by atoms with Crippen LogP contribution in [0, 0.1) is 11.3 Å². The first-order chi connectivity index (χ1) is 4.90. The number of hydrogen-bond acceptors (Lipinski definition) is 2. The molecule has 1 saturated carbocycles. The fraction of sp³-hybridized carbons (Fsp3) is 1.00. The molecule has 0 spiro atoms. The zero-order chi connectivity index (χ0) is 8.70. The van der Waals surface area contributed by atoms with Crippen molar-refractivity contribution in [2.45, 2.75) is 39.2 Å². The van der Waals surface area contributed by atoms with Crippen molar-refractivity contribution >= 4 is 0 Å². The summed E-state index contributed by atoms with van der Waals surface area (Å²) in [6, 6.07) is 0. The monoisotopic (exact) mass is 158 g/mol. The first-order valence-electron chi connectivity index (χ1n) is 4.23. The molecule has 1 aliphatic rings. The smallest absolute Gasteiger partial charge is 0.0907 e. The van der Waals surface area contributed by atoms with Crippen molar-refractivity contribution in [2.75, 3.05) is 6.61 Å². The van der Waals surface area contributed by atoms with Gasteiger partial charge in [0.2, 0.25) is 0 Å². The second kappa shape index (κ2) is 2.46. The quantitative estimate of drug-likeness (QED) is 0.601. The standard InChI is InChI=1S/C9H18O2/c1-7-4-8(2,3)5-9(7,11)6-10/h7,10-11H,4-6H2,1-3H3. The van der Waals surface area contributed by atoms with Crippen molar-refractivity contribution in [1.29, 1.82) is 0 Å². The van der Waals surface area contributed by atoms with Gasteiger partial charge in [-0.3, -0.25) is 0 Å². The Balaban J connectivity index is 2.73. The predicted molar refractivity (Wildman–Crippen MR) is 44.2 cm³/mol. The molecule has 2 unspecified atom stereocenters. The average Bonchev–Trinajstić information content (AvgIpc) is 2.03. The molecule has 0 radical (unpaired) electrons. The zero-order valence-corrected chi connectivity index (χ0v) is 7.59. The lowest BCUT2D eigenvalue weighted by atomic mass is 9.89. The summed E-state index contributed by atoms with van der Waals surface area (Å²) >= 11 is 0. The van der Waals surface area contributed by atoms with E-state index >= 15 is 0 Å². The van der Waals surface area contributed by atoms with E-state index in [4.69, 9.17) is 5.11 Å². The van der Waals surface area contributed by atoms with Crippen molar-refractivity contribution in [1.82, 2.24) is 0 Å². The number of hydrogen-bond donors (Lipinski definition) is 2. The predicted octanol–water partition coefficient (Wildman–Crippen LogP) is 1.17. The van der Waals surface area contributed by atoms with Crippen LogP contribution >= 0.6 is 0 Å². The molecular formula is C9H18O2. The molecule has 0 aromatic heterocycles. The Hall–Kier alpha value is -0.0800. The highest BCUT2D eigenvalue weighted by Gasteiger charge is 2.46. The lowest BCUT2D eigenvalue weighted by Crippen LogP contribution is -2.36. The van der Waals surface area contributed by atoms with E-state index < -0.39 is 5.60 Å². The summed E-state index contributed by atoms with van der Waals surface area (Å²) in [5.41, 5.74) is -0.625. The van der Waals surface area contributed by atoms with Gasteiger partial charge in [-0.2, -0.15) is 0 Å². The van der Waals surface area contributed by atoms with Crippen molar-refractivity contribution in [3.63, 3.8) is 0 Å². The largest absolute Gasteiger partial charge is 0.393 e. The maximum Gasteiger partial charge on any atom is 0.0907 e. The first-order valence-corrected chi connectivity index (χ1v) is 4.23. The normalized spacial score (nSPS) is 42.8.